The predicted molar refractivity (Wildman–Crippen MR) is 94.3 cm³/mol. The van der Waals surface area contributed by atoms with Crippen LogP contribution in [0, 0.1) is 0 Å². The van der Waals surface area contributed by atoms with Gasteiger partial charge in [-0.25, -0.2) is 4.98 Å². The van der Waals surface area contributed by atoms with Gasteiger partial charge >= 0.3 is 0 Å². The molecule has 1 aromatic heterocycles. The zero-order valence-electron chi connectivity index (χ0n) is 14.2. The van der Waals surface area contributed by atoms with Crippen molar-refractivity contribution in [1.82, 2.24) is 14.9 Å². The summed E-state index contributed by atoms with van der Waals surface area (Å²) in [5.41, 5.74) is 0.957. The predicted octanol–water partition coefficient (Wildman–Crippen LogP) is 2.57. The topological polar surface area (TPSA) is 64.5 Å². The number of carbonyl (C=O) groups is 1. The third-order valence-corrected chi connectivity index (χ3v) is 4.05. The second-order valence-corrected chi connectivity index (χ2v) is 5.82. The van der Waals surface area contributed by atoms with Crippen LogP contribution in [0.5, 0.6) is 11.6 Å². The molecule has 3 rings (SSSR count). The van der Waals surface area contributed by atoms with Crippen molar-refractivity contribution in [1.29, 1.82) is 0 Å². The van der Waals surface area contributed by atoms with Crippen LogP contribution in [0.3, 0.4) is 0 Å². The highest BCUT2D eigenvalue weighted by Crippen LogP contribution is 2.17. The lowest BCUT2D eigenvalue weighted by atomic mass is 10.1. The highest BCUT2D eigenvalue weighted by Gasteiger charge is 2.24. The maximum Gasteiger partial charge on any atom is 0.246 e. The SMILES string of the molecule is COc1ccc(/C=C/C(=O)N2CCC[C@H](Oc3cnccn3)C2)cc1. The van der Waals surface area contributed by atoms with Crippen molar-refractivity contribution in [2.24, 2.45) is 0 Å². The Morgan fingerprint density at radius 1 is 1.28 bits per heavy atom. The Morgan fingerprint density at radius 3 is 2.84 bits per heavy atom. The Kier molecular flexibility index (Phi) is 5.61. The molecule has 1 aliphatic rings. The number of methoxy groups -OCH3 is 1. The number of likely N-dealkylation sites (tertiary alicyclic amines) is 1. The molecule has 1 aliphatic heterocycles. The van der Waals surface area contributed by atoms with Gasteiger partial charge in [-0.05, 0) is 36.6 Å². The first-order valence-corrected chi connectivity index (χ1v) is 8.28. The molecule has 1 saturated heterocycles. The molecule has 0 unspecified atom stereocenters. The van der Waals surface area contributed by atoms with E-state index >= 15 is 0 Å². The average Bonchev–Trinajstić information content (AvgIpc) is 2.67. The van der Waals surface area contributed by atoms with Gasteiger partial charge in [0.2, 0.25) is 11.8 Å². The summed E-state index contributed by atoms with van der Waals surface area (Å²) in [6.07, 6.45) is 9.97. The lowest BCUT2D eigenvalue weighted by Crippen LogP contribution is -2.43. The first-order chi connectivity index (χ1) is 12.2. The second kappa shape index (κ2) is 8.28. The molecule has 0 N–H and O–H groups in total. The second-order valence-electron chi connectivity index (χ2n) is 5.82. The summed E-state index contributed by atoms with van der Waals surface area (Å²) in [6.45, 7) is 1.30. The molecule has 0 bridgehead atoms. The lowest BCUT2D eigenvalue weighted by Gasteiger charge is -2.31. The molecule has 6 nitrogen and oxygen atoms in total. The molecule has 2 aromatic rings. The number of aromatic nitrogens is 2. The number of piperidine rings is 1. The standard InChI is InChI=1S/C19H21N3O3/c1-24-16-7-4-15(5-8-16)6-9-19(23)22-12-2-3-17(14-22)25-18-13-20-10-11-21-18/h4-11,13,17H,2-3,12,14H2,1H3/b9-6+/t17-/m0/s1. The largest absolute Gasteiger partial charge is 0.497 e. The first-order valence-electron chi connectivity index (χ1n) is 8.28. The fourth-order valence-corrected chi connectivity index (χ4v) is 2.74. The highest BCUT2D eigenvalue weighted by atomic mass is 16.5. The number of hydrogen-bond acceptors (Lipinski definition) is 5. The van der Waals surface area contributed by atoms with Crippen molar-refractivity contribution in [3.8, 4) is 11.6 Å². The van der Waals surface area contributed by atoms with Gasteiger partial charge in [-0.1, -0.05) is 12.1 Å². The van der Waals surface area contributed by atoms with Gasteiger partial charge in [-0.3, -0.25) is 9.78 Å². The van der Waals surface area contributed by atoms with Crippen LogP contribution < -0.4 is 9.47 Å². The van der Waals surface area contributed by atoms with Crippen LogP contribution in [-0.2, 0) is 4.79 Å². The monoisotopic (exact) mass is 339 g/mol. The Morgan fingerprint density at radius 2 is 2.12 bits per heavy atom. The van der Waals surface area contributed by atoms with Crippen molar-refractivity contribution in [3.63, 3.8) is 0 Å². The third-order valence-electron chi connectivity index (χ3n) is 4.05. The van der Waals surface area contributed by atoms with E-state index in [-0.39, 0.29) is 12.0 Å². The summed E-state index contributed by atoms with van der Waals surface area (Å²) in [5.74, 6) is 1.28. The lowest BCUT2D eigenvalue weighted by molar-refractivity contribution is -0.128. The Hall–Kier alpha value is -2.89. The van der Waals surface area contributed by atoms with Gasteiger partial charge in [-0.2, -0.15) is 0 Å². The van der Waals surface area contributed by atoms with Gasteiger partial charge < -0.3 is 14.4 Å². The van der Waals surface area contributed by atoms with Gasteiger partial charge in [0.05, 0.1) is 19.9 Å². The van der Waals surface area contributed by atoms with Crippen LogP contribution in [0.25, 0.3) is 6.08 Å². The van der Waals surface area contributed by atoms with Gasteiger partial charge in [0.1, 0.15) is 11.9 Å². The molecule has 6 heteroatoms. The van der Waals surface area contributed by atoms with E-state index in [9.17, 15) is 4.79 Å². The van der Waals surface area contributed by atoms with Crippen LogP contribution in [-0.4, -0.2) is 47.1 Å². The Bertz CT molecular complexity index is 716. The number of rotatable bonds is 5. The number of carbonyl (C=O) groups excluding carboxylic acids is 1. The average molecular weight is 339 g/mol. The molecule has 0 aliphatic carbocycles. The molecule has 2 heterocycles. The van der Waals surface area contributed by atoms with E-state index in [2.05, 4.69) is 9.97 Å². The molecule has 0 spiro atoms. The summed E-state index contributed by atoms with van der Waals surface area (Å²) in [4.78, 5) is 22.3. The van der Waals surface area contributed by atoms with Crippen molar-refractivity contribution in [2.45, 2.75) is 18.9 Å². The molecule has 0 saturated carbocycles. The zero-order valence-corrected chi connectivity index (χ0v) is 14.2. The zero-order chi connectivity index (χ0) is 17.5. The molecule has 1 amide bonds. The highest BCUT2D eigenvalue weighted by molar-refractivity contribution is 5.91. The summed E-state index contributed by atoms with van der Waals surface area (Å²) in [6, 6.07) is 7.57. The van der Waals surface area contributed by atoms with E-state index in [1.807, 2.05) is 35.2 Å². The minimum atomic E-state index is -0.0520. The van der Waals surface area contributed by atoms with E-state index in [1.165, 1.54) is 0 Å². The molecule has 0 radical (unpaired) electrons. The quantitative estimate of drug-likeness (QED) is 0.784. The molecule has 1 fully saturated rings. The number of hydrogen-bond donors (Lipinski definition) is 0. The molecule has 130 valence electrons. The Labute approximate surface area is 147 Å². The van der Waals surface area contributed by atoms with E-state index in [4.69, 9.17) is 9.47 Å². The fourth-order valence-electron chi connectivity index (χ4n) is 2.74. The maximum atomic E-state index is 12.4. The van der Waals surface area contributed by atoms with Crippen LogP contribution in [0.2, 0.25) is 0 Å². The van der Waals surface area contributed by atoms with Gasteiger partial charge in [0.15, 0.2) is 0 Å². The summed E-state index contributed by atoms with van der Waals surface area (Å²) >= 11 is 0. The number of nitrogens with zero attached hydrogens (tertiary/aromatic N) is 3. The van der Waals surface area contributed by atoms with Crippen molar-refractivity contribution < 1.29 is 14.3 Å². The van der Waals surface area contributed by atoms with Gasteiger partial charge in [0, 0.05) is 25.0 Å². The molecule has 25 heavy (non-hydrogen) atoms. The smallest absolute Gasteiger partial charge is 0.246 e. The number of benzene rings is 1. The van der Waals surface area contributed by atoms with Crippen LogP contribution in [0.4, 0.5) is 0 Å². The minimum absolute atomic E-state index is 0.0109. The van der Waals surface area contributed by atoms with Crippen LogP contribution >= 0.6 is 0 Å². The summed E-state index contributed by atoms with van der Waals surface area (Å²) in [7, 11) is 1.63. The normalized spacial score (nSPS) is 17.5. The fraction of sp³-hybridized carbons (Fsp3) is 0.316. The van der Waals surface area contributed by atoms with Gasteiger partial charge in [0.25, 0.3) is 0 Å². The summed E-state index contributed by atoms with van der Waals surface area (Å²) < 4.78 is 10.9. The Balaban J connectivity index is 1.56. The van der Waals surface area contributed by atoms with E-state index in [1.54, 1.807) is 31.8 Å². The van der Waals surface area contributed by atoms with Crippen molar-refractivity contribution in [3.05, 3.63) is 54.5 Å². The van der Waals surface area contributed by atoms with Crippen LogP contribution in [0.1, 0.15) is 18.4 Å². The number of amides is 1. The van der Waals surface area contributed by atoms with E-state index in [0.717, 1.165) is 30.7 Å². The van der Waals surface area contributed by atoms with Crippen molar-refractivity contribution >= 4 is 12.0 Å². The molecule has 1 aromatic carbocycles. The van der Waals surface area contributed by atoms with Crippen LogP contribution in [0.15, 0.2) is 48.9 Å². The maximum absolute atomic E-state index is 12.4. The molecular weight excluding hydrogens is 318 g/mol. The third kappa shape index (κ3) is 4.79. The first kappa shape index (κ1) is 17.0. The minimum Gasteiger partial charge on any atom is -0.497 e. The molecule has 1 atom stereocenters. The van der Waals surface area contributed by atoms with Crippen molar-refractivity contribution in [2.75, 3.05) is 20.2 Å². The number of ether oxygens (including phenoxy) is 2. The summed E-state index contributed by atoms with van der Waals surface area (Å²) in [5, 5.41) is 0. The van der Waals surface area contributed by atoms with E-state index < -0.39 is 0 Å². The molecular formula is C19H21N3O3. The van der Waals surface area contributed by atoms with Gasteiger partial charge in [-0.15, -0.1) is 0 Å². The van der Waals surface area contributed by atoms with E-state index in [0.29, 0.717) is 12.4 Å².